The van der Waals surface area contributed by atoms with Gasteiger partial charge in [0, 0.05) is 4.88 Å². The Morgan fingerprint density at radius 3 is 2.67 bits per heavy atom. The molecule has 0 saturated heterocycles. The van der Waals surface area contributed by atoms with Crippen molar-refractivity contribution in [3.63, 3.8) is 0 Å². The fourth-order valence-electron chi connectivity index (χ4n) is 1.19. The van der Waals surface area contributed by atoms with Gasteiger partial charge in [-0.1, -0.05) is 0 Å². The number of hydrogen-bond donors (Lipinski definition) is 0. The molecule has 0 aromatic carbocycles. The Kier molecular flexibility index (Phi) is 3.76. The summed E-state index contributed by atoms with van der Waals surface area (Å²) in [5.41, 5.74) is 1.40. The van der Waals surface area contributed by atoms with Crippen LogP contribution < -0.4 is 0 Å². The molecule has 0 bridgehead atoms. The average molecular weight is 183 g/mol. The van der Waals surface area contributed by atoms with Crippen molar-refractivity contribution in [2.45, 2.75) is 19.8 Å². The van der Waals surface area contributed by atoms with Crippen molar-refractivity contribution in [2.24, 2.45) is 0 Å². The van der Waals surface area contributed by atoms with E-state index in [1.54, 1.807) is 0 Å². The van der Waals surface area contributed by atoms with E-state index in [0.29, 0.717) is 0 Å². The Hall–Kier alpha value is -0.340. The summed E-state index contributed by atoms with van der Waals surface area (Å²) in [5, 5.41) is 2.23. The predicted molar refractivity (Wildman–Crippen MR) is 55.9 cm³/mol. The van der Waals surface area contributed by atoms with Gasteiger partial charge in [0.2, 0.25) is 0 Å². The van der Waals surface area contributed by atoms with Crippen LogP contribution in [0.3, 0.4) is 0 Å². The summed E-state index contributed by atoms with van der Waals surface area (Å²) in [6, 6.07) is 2.29. The van der Waals surface area contributed by atoms with Gasteiger partial charge in [0.25, 0.3) is 0 Å². The van der Waals surface area contributed by atoms with Gasteiger partial charge in [0.1, 0.15) is 0 Å². The minimum Gasteiger partial charge on any atom is -0.309 e. The first-order valence-electron chi connectivity index (χ1n) is 4.37. The first kappa shape index (κ1) is 9.75. The Labute approximate surface area is 79.0 Å². The molecule has 0 spiro atoms. The maximum Gasteiger partial charge on any atom is 0.00484 e. The molecular formula is C10H17NS. The monoisotopic (exact) mass is 183 g/mol. The largest absolute Gasteiger partial charge is 0.309 e. The Morgan fingerprint density at radius 1 is 1.42 bits per heavy atom. The van der Waals surface area contributed by atoms with E-state index >= 15 is 0 Å². The van der Waals surface area contributed by atoms with Crippen LogP contribution in [0.4, 0.5) is 0 Å². The van der Waals surface area contributed by atoms with Gasteiger partial charge in [0.05, 0.1) is 0 Å². The number of rotatable bonds is 4. The Balaban J connectivity index is 2.24. The zero-order valence-electron chi connectivity index (χ0n) is 8.13. The normalized spacial score (nSPS) is 11.0. The lowest BCUT2D eigenvalue weighted by Gasteiger charge is -2.07. The van der Waals surface area contributed by atoms with Crippen LogP contribution >= 0.6 is 11.3 Å². The highest BCUT2D eigenvalue weighted by molar-refractivity contribution is 7.10. The van der Waals surface area contributed by atoms with Crippen LogP contribution in [0, 0.1) is 6.92 Å². The lowest BCUT2D eigenvalue weighted by molar-refractivity contribution is 0.401. The summed E-state index contributed by atoms with van der Waals surface area (Å²) >= 11 is 1.88. The minimum atomic E-state index is 1.19. The summed E-state index contributed by atoms with van der Waals surface area (Å²) in [6.45, 7) is 3.35. The second-order valence-electron chi connectivity index (χ2n) is 3.50. The zero-order valence-corrected chi connectivity index (χ0v) is 8.95. The van der Waals surface area contributed by atoms with Gasteiger partial charge in [-0.15, -0.1) is 11.3 Å². The third kappa shape index (κ3) is 3.37. The van der Waals surface area contributed by atoms with Crippen molar-refractivity contribution in [2.75, 3.05) is 20.6 Å². The lowest BCUT2D eigenvalue weighted by Crippen LogP contribution is -2.13. The van der Waals surface area contributed by atoms with Crippen molar-refractivity contribution < 1.29 is 0 Å². The molecule has 1 rings (SSSR count). The maximum absolute atomic E-state index is 2.29. The molecule has 0 unspecified atom stereocenters. The molecule has 0 N–H and O–H groups in total. The fraction of sp³-hybridized carbons (Fsp3) is 0.600. The molecule has 12 heavy (non-hydrogen) atoms. The average Bonchev–Trinajstić information content (AvgIpc) is 2.35. The summed E-state index contributed by atoms with van der Waals surface area (Å²) in [6.07, 6.45) is 2.50. The van der Waals surface area contributed by atoms with Gasteiger partial charge < -0.3 is 4.90 Å². The fourth-order valence-corrected chi connectivity index (χ4v) is 2.11. The van der Waals surface area contributed by atoms with Crippen LogP contribution in [-0.2, 0) is 6.42 Å². The SMILES string of the molecule is Cc1csc(CCCN(C)C)c1. The first-order chi connectivity index (χ1) is 5.68. The van der Waals surface area contributed by atoms with Crippen molar-refractivity contribution in [3.05, 3.63) is 21.9 Å². The standard InChI is InChI=1S/C10H17NS/c1-9-7-10(12-8-9)5-4-6-11(2)3/h7-8H,4-6H2,1-3H3. The van der Waals surface area contributed by atoms with Gasteiger partial charge >= 0.3 is 0 Å². The Morgan fingerprint density at radius 2 is 2.17 bits per heavy atom. The van der Waals surface area contributed by atoms with E-state index in [2.05, 4.69) is 37.4 Å². The van der Waals surface area contributed by atoms with Crippen molar-refractivity contribution in [1.82, 2.24) is 4.90 Å². The van der Waals surface area contributed by atoms with Gasteiger partial charge in [-0.25, -0.2) is 0 Å². The number of nitrogens with zero attached hydrogens (tertiary/aromatic N) is 1. The van der Waals surface area contributed by atoms with Crippen LogP contribution in [0.5, 0.6) is 0 Å². The first-order valence-corrected chi connectivity index (χ1v) is 5.25. The van der Waals surface area contributed by atoms with Gasteiger partial charge in [-0.3, -0.25) is 0 Å². The predicted octanol–water partition coefficient (Wildman–Crippen LogP) is 2.55. The van der Waals surface area contributed by atoms with Crippen LogP contribution in [-0.4, -0.2) is 25.5 Å². The molecule has 1 aromatic rings. The second kappa shape index (κ2) is 4.63. The van der Waals surface area contributed by atoms with E-state index in [0.717, 1.165) is 0 Å². The molecular weight excluding hydrogens is 166 g/mol. The summed E-state index contributed by atoms with van der Waals surface area (Å²) in [7, 11) is 4.25. The van der Waals surface area contributed by atoms with E-state index in [1.165, 1.54) is 29.8 Å². The number of hydrogen-bond acceptors (Lipinski definition) is 2. The van der Waals surface area contributed by atoms with Gasteiger partial charge in [0.15, 0.2) is 0 Å². The molecule has 0 radical (unpaired) electrons. The molecule has 0 aliphatic carbocycles. The van der Waals surface area contributed by atoms with Crippen molar-refractivity contribution in [1.29, 1.82) is 0 Å². The van der Waals surface area contributed by atoms with Crippen LogP contribution in [0.25, 0.3) is 0 Å². The van der Waals surface area contributed by atoms with Crippen LogP contribution in [0.2, 0.25) is 0 Å². The molecule has 0 atom stereocenters. The molecule has 2 heteroatoms. The summed E-state index contributed by atoms with van der Waals surface area (Å²) < 4.78 is 0. The number of thiophene rings is 1. The molecule has 0 aliphatic rings. The van der Waals surface area contributed by atoms with E-state index < -0.39 is 0 Å². The molecule has 0 amide bonds. The molecule has 1 heterocycles. The molecule has 68 valence electrons. The van der Waals surface area contributed by atoms with Crippen molar-refractivity contribution in [3.8, 4) is 0 Å². The third-order valence-corrected chi connectivity index (χ3v) is 2.93. The smallest absolute Gasteiger partial charge is 0.00484 e. The summed E-state index contributed by atoms with van der Waals surface area (Å²) in [4.78, 5) is 3.76. The molecule has 1 aromatic heterocycles. The minimum absolute atomic E-state index is 1.19. The molecule has 0 saturated carbocycles. The van der Waals surface area contributed by atoms with E-state index in [9.17, 15) is 0 Å². The summed E-state index contributed by atoms with van der Waals surface area (Å²) in [5.74, 6) is 0. The van der Waals surface area contributed by atoms with Crippen LogP contribution in [0.15, 0.2) is 11.4 Å². The van der Waals surface area contributed by atoms with E-state index in [4.69, 9.17) is 0 Å². The zero-order chi connectivity index (χ0) is 8.97. The van der Waals surface area contributed by atoms with E-state index in [1.807, 2.05) is 11.3 Å². The highest BCUT2D eigenvalue weighted by Crippen LogP contribution is 2.15. The highest BCUT2D eigenvalue weighted by atomic mass is 32.1. The van der Waals surface area contributed by atoms with Crippen LogP contribution in [0.1, 0.15) is 16.9 Å². The Bertz CT molecular complexity index is 227. The number of aryl methyl sites for hydroxylation is 2. The highest BCUT2D eigenvalue weighted by Gasteiger charge is 1.96. The molecule has 0 fully saturated rings. The lowest BCUT2D eigenvalue weighted by atomic mass is 10.2. The second-order valence-corrected chi connectivity index (χ2v) is 4.49. The van der Waals surface area contributed by atoms with Gasteiger partial charge in [-0.2, -0.15) is 0 Å². The third-order valence-electron chi connectivity index (χ3n) is 1.81. The van der Waals surface area contributed by atoms with Crippen molar-refractivity contribution >= 4 is 11.3 Å². The van der Waals surface area contributed by atoms with E-state index in [-0.39, 0.29) is 0 Å². The quantitative estimate of drug-likeness (QED) is 0.693. The molecule has 0 aliphatic heterocycles. The van der Waals surface area contributed by atoms with Gasteiger partial charge in [-0.05, 0) is 57.4 Å². The topological polar surface area (TPSA) is 3.24 Å². The molecule has 1 nitrogen and oxygen atoms in total. The maximum atomic E-state index is 2.29.